The van der Waals surface area contributed by atoms with Crippen molar-refractivity contribution in [1.29, 1.82) is 0 Å². The maximum atomic E-state index is 13.5. The first-order valence-corrected chi connectivity index (χ1v) is 5.18. The van der Waals surface area contributed by atoms with Crippen LogP contribution in [0.25, 0.3) is 11.3 Å². The molecule has 1 aromatic heterocycles. The number of aromatic amines is 1. The summed E-state index contributed by atoms with van der Waals surface area (Å²) in [5.41, 5.74) is 5.84. The number of carbonyl (C=O) groups excluding carboxylic acids is 1. The molecule has 82 valence electrons. The molecule has 0 saturated heterocycles. The molecule has 0 atom stereocenters. The van der Waals surface area contributed by atoms with E-state index in [1.165, 1.54) is 12.1 Å². The molecule has 0 fully saturated rings. The zero-order chi connectivity index (χ0) is 11.7. The van der Waals surface area contributed by atoms with Gasteiger partial charge >= 0.3 is 0 Å². The highest BCUT2D eigenvalue weighted by Crippen LogP contribution is 2.29. The van der Waals surface area contributed by atoms with Gasteiger partial charge in [-0.2, -0.15) is 5.10 Å². The second-order valence-electron chi connectivity index (χ2n) is 3.13. The predicted octanol–water partition coefficient (Wildman–Crippen LogP) is 2.08. The standard InChI is InChI=1S/C10H7BrFN3O/c11-5-2-1-3-6(12)9(5)7-4-8(10(13)16)15-14-7/h1-4H,(H2,13,16)(H,14,15). The summed E-state index contributed by atoms with van der Waals surface area (Å²) in [5, 5.41) is 6.28. The summed E-state index contributed by atoms with van der Waals surface area (Å²) in [6.07, 6.45) is 0. The number of aromatic nitrogens is 2. The second-order valence-corrected chi connectivity index (χ2v) is 3.98. The van der Waals surface area contributed by atoms with E-state index in [-0.39, 0.29) is 5.69 Å². The Kier molecular flexibility index (Phi) is 2.74. The number of nitrogens with one attached hydrogen (secondary N) is 1. The van der Waals surface area contributed by atoms with Gasteiger partial charge in [0.05, 0.1) is 11.3 Å². The maximum absolute atomic E-state index is 13.5. The van der Waals surface area contributed by atoms with Crippen LogP contribution in [-0.2, 0) is 0 Å². The normalized spacial score (nSPS) is 10.4. The summed E-state index contributed by atoms with van der Waals surface area (Å²) in [6, 6.07) is 5.99. The molecule has 4 nitrogen and oxygen atoms in total. The van der Waals surface area contributed by atoms with Crippen molar-refractivity contribution in [3.05, 3.63) is 40.2 Å². The molecule has 0 unspecified atom stereocenters. The van der Waals surface area contributed by atoms with Gasteiger partial charge in [0.25, 0.3) is 5.91 Å². The Morgan fingerprint density at radius 2 is 2.25 bits per heavy atom. The molecule has 3 N–H and O–H groups in total. The Labute approximate surface area is 98.8 Å². The molecule has 6 heteroatoms. The number of amides is 1. The summed E-state index contributed by atoms with van der Waals surface area (Å²) in [6.45, 7) is 0. The van der Waals surface area contributed by atoms with Crippen LogP contribution in [0.1, 0.15) is 10.5 Å². The molecule has 1 heterocycles. The SMILES string of the molecule is NC(=O)c1cc(-c2c(F)cccc2Br)n[nH]1. The molecule has 0 aliphatic heterocycles. The van der Waals surface area contributed by atoms with Crippen LogP contribution in [0, 0.1) is 5.82 Å². The van der Waals surface area contributed by atoms with E-state index in [9.17, 15) is 9.18 Å². The van der Waals surface area contributed by atoms with Crippen LogP contribution in [0.5, 0.6) is 0 Å². The van der Waals surface area contributed by atoms with E-state index in [2.05, 4.69) is 26.1 Å². The fraction of sp³-hybridized carbons (Fsp3) is 0. The summed E-state index contributed by atoms with van der Waals surface area (Å²) >= 11 is 3.22. The highest BCUT2D eigenvalue weighted by Gasteiger charge is 2.14. The number of hydrogen-bond donors (Lipinski definition) is 2. The average molecular weight is 284 g/mol. The number of H-pyrrole nitrogens is 1. The van der Waals surface area contributed by atoms with Gasteiger partial charge in [0, 0.05) is 4.47 Å². The molecule has 0 spiro atoms. The van der Waals surface area contributed by atoms with Gasteiger partial charge in [-0.05, 0) is 34.1 Å². The van der Waals surface area contributed by atoms with E-state index in [0.29, 0.717) is 15.7 Å². The lowest BCUT2D eigenvalue weighted by Gasteiger charge is -2.01. The van der Waals surface area contributed by atoms with Crippen LogP contribution in [0.3, 0.4) is 0 Å². The lowest BCUT2D eigenvalue weighted by Crippen LogP contribution is -2.10. The predicted molar refractivity (Wildman–Crippen MR) is 60.2 cm³/mol. The molecular formula is C10H7BrFN3O. The van der Waals surface area contributed by atoms with Gasteiger partial charge in [0.2, 0.25) is 0 Å². The number of benzene rings is 1. The van der Waals surface area contributed by atoms with Crippen LogP contribution in [0.2, 0.25) is 0 Å². The van der Waals surface area contributed by atoms with E-state index >= 15 is 0 Å². The maximum Gasteiger partial charge on any atom is 0.266 e. The number of hydrogen-bond acceptors (Lipinski definition) is 2. The van der Waals surface area contributed by atoms with Crippen molar-refractivity contribution in [3.63, 3.8) is 0 Å². The molecule has 0 aliphatic rings. The first-order valence-electron chi connectivity index (χ1n) is 4.39. The third kappa shape index (κ3) is 1.83. The Balaban J connectivity index is 2.54. The van der Waals surface area contributed by atoms with Gasteiger partial charge in [0.1, 0.15) is 11.5 Å². The average Bonchev–Trinajstić information content (AvgIpc) is 2.66. The highest BCUT2D eigenvalue weighted by atomic mass is 79.9. The molecule has 2 aromatic rings. The largest absolute Gasteiger partial charge is 0.364 e. The quantitative estimate of drug-likeness (QED) is 0.886. The number of primary amides is 1. The number of halogens is 2. The van der Waals surface area contributed by atoms with Crippen molar-refractivity contribution in [3.8, 4) is 11.3 Å². The summed E-state index contributed by atoms with van der Waals surface area (Å²) in [7, 11) is 0. The van der Waals surface area contributed by atoms with Crippen molar-refractivity contribution < 1.29 is 9.18 Å². The molecule has 2 rings (SSSR count). The zero-order valence-corrected chi connectivity index (χ0v) is 9.58. The van der Waals surface area contributed by atoms with E-state index in [1.807, 2.05) is 0 Å². The second kappa shape index (κ2) is 4.05. The monoisotopic (exact) mass is 283 g/mol. The third-order valence-corrected chi connectivity index (χ3v) is 2.72. The van der Waals surface area contributed by atoms with Crippen LogP contribution >= 0.6 is 15.9 Å². The fourth-order valence-electron chi connectivity index (χ4n) is 1.32. The summed E-state index contributed by atoms with van der Waals surface area (Å²) in [5.74, 6) is -1.05. The van der Waals surface area contributed by atoms with E-state index < -0.39 is 11.7 Å². The van der Waals surface area contributed by atoms with Crippen LogP contribution < -0.4 is 5.73 Å². The summed E-state index contributed by atoms with van der Waals surface area (Å²) in [4.78, 5) is 10.9. The zero-order valence-electron chi connectivity index (χ0n) is 8.00. The van der Waals surface area contributed by atoms with E-state index in [0.717, 1.165) is 0 Å². The Morgan fingerprint density at radius 3 is 2.81 bits per heavy atom. The molecule has 1 amide bonds. The minimum absolute atomic E-state index is 0.144. The lowest BCUT2D eigenvalue weighted by molar-refractivity contribution is 0.0995. The fourth-order valence-corrected chi connectivity index (χ4v) is 1.86. The number of rotatable bonds is 2. The summed E-state index contributed by atoms with van der Waals surface area (Å²) < 4.78 is 14.1. The molecule has 0 saturated carbocycles. The molecule has 16 heavy (non-hydrogen) atoms. The minimum Gasteiger partial charge on any atom is -0.364 e. The Morgan fingerprint density at radius 1 is 1.50 bits per heavy atom. The van der Waals surface area contributed by atoms with Gasteiger partial charge in [0.15, 0.2) is 0 Å². The van der Waals surface area contributed by atoms with Crippen molar-refractivity contribution in [1.82, 2.24) is 10.2 Å². The van der Waals surface area contributed by atoms with Gasteiger partial charge in [-0.15, -0.1) is 0 Å². The first kappa shape index (κ1) is 10.8. The molecular weight excluding hydrogens is 277 g/mol. The van der Waals surface area contributed by atoms with Gasteiger partial charge in [-0.1, -0.05) is 6.07 Å². The van der Waals surface area contributed by atoms with Crippen molar-refractivity contribution in [2.45, 2.75) is 0 Å². The van der Waals surface area contributed by atoms with Crippen LogP contribution in [-0.4, -0.2) is 16.1 Å². The van der Waals surface area contributed by atoms with Gasteiger partial charge < -0.3 is 5.73 Å². The van der Waals surface area contributed by atoms with Gasteiger partial charge in [-0.3, -0.25) is 9.89 Å². The van der Waals surface area contributed by atoms with E-state index in [4.69, 9.17) is 5.73 Å². The van der Waals surface area contributed by atoms with Crippen LogP contribution in [0.4, 0.5) is 4.39 Å². The smallest absolute Gasteiger partial charge is 0.266 e. The topological polar surface area (TPSA) is 71.8 Å². The van der Waals surface area contributed by atoms with Crippen molar-refractivity contribution in [2.75, 3.05) is 0 Å². The molecule has 0 aliphatic carbocycles. The molecule has 1 aromatic carbocycles. The highest BCUT2D eigenvalue weighted by molar-refractivity contribution is 9.10. The van der Waals surface area contributed by atoms with E-state index in [1.54, 1.807) is 12.1 Å². The number of carbonyl (C=O) groups is 1. The molecule has 0 bridgehead atoms. The third-order valence-electron chi connectivity index (χ3n) is 2.06. The Bertz CT molecular complexity index is 532. The van der Waals surface area contributed by atoms with Gasteiger partial charge in [-0.25, -0.2) is 4.39 Å². The first-order chi connectivity index (χ1) is 7.59. The lowest BCUT2D eigenvalue weighted by atomic mass is 10.1. The number of nitrogens with zero attached hydrogens (tertiary/aromatic N) is 1. The Hall–Kier alpha value is -1.69. The number of nitrogens with two attached hydrogens (primary N) is 1. The minimum atomic E-state index is -0.633. The molecule has 0 radical (unpaired) electrons. The van der Waals surface area contributed by atoms with Crippen LogP contribution in [0.15, 0.2) is 28.7 Å². The van der Waals surface area contributed by atoms with Crippen molar-refractivity contribution >= 4 is 21.8 Å². The van der Waals surface area contributed by atoms with Crippen molar-refractivity contribution in [2.24, 2.45) is 5.73 Å².